The molecule has 2 aromatic rings. The van der Waals surface area contributed by atoms with Crippen molar-refractivity contribution in [3.8, 4) is 0 Å². The molecule has 1 heterocycles. The Hall–Kier alpha value is -1.54. The van der Waals surface area contributed by atoms with Crippen molar-refractivity contribution >= 4 is 21.6 Å². The molecule has 0 aromatic heterocycles. The molecule has 1 aliphatic heterocycles. The highest BCUT2D eigenvalue weighted by molar-refractivity contribution is 7.89. The summed E-state index contributed by atoms with van der Waals surface area (Å²) in [6, 6.07) is 7.25. The van der Waals surface area contributed by atoms with Gasteiger partial charge in [-0.05, 0) is 68.1 Å². The molecule has 8 heteroatoms. The Morgan fingerprint density at radius 2 is 1.70 bits per heavy atom. The van der Waals surface area contributed by atoms with Gasteiger partial charge in [-0.25, -0.2) is 17.2 Å². The minimum absolute atomic E-state index is 0.0151. The lowest BCUT2D eigenvalue weighted by atomic mass is 9.91. The zero-order chi connectivity index (χ0) is 19.8. The van der Waals surface area contributed by atoms with Crippen LogP contribution >= 0.6 is 11.6 Å². The molecule has 3 rings (SSSR count). The second-order valence-electron chi connectivity index (χ2n) is 6.75. The largest absolute Gasteiger partial charge is 0.392 e. The van der Waals surface area contributed by atoms with E-state index in [1.807, 2.05) is 0 Å². The molecular weight excluding hydrogens is 396 g/mol. The molecule has 3 atom stereocenters. The summed E-state index contributed by atoms with van der Waals surface area (Å²) >= 11 is 5.85. The molecule has 0 unspecified atom stereocenters. The monoisotopic (exact) mass is 415 g/mol. The van der Waals surface area contributed by atoms with Crippen LogP contribution in [0, 0.1) is 11.6 Å². The van der Waals surface area contributed by atoms with Crippen LogP contribution in [0.15, 0.2) is 47.4 Å². The summed E-state index contributed by atoms with van der Waals surface area (Å²) in [6.07, 6.45) is 0.552. The fourth-order valence-corrected chi connectivity index (χ4v) is 5.66. The van der Waals surface area contributed by atoms with Crippen LogP contribution in [0.1, 0.15) is 37.8 Å². The number of sulfonamides is 1. The fourth-order valence-electron chi connectivity index (χ4n) is 3.61. The first-order chi connectivity index (χ1) is 12.7. The van der Waals surface area contributed by atoms with Gasteiger partial charge in [0, 0.05) is 11.1 Å². The number of hydrogen-bond donors (Lipinski definition) is 1. The van der Waals surface area contributed by atoms with Crippen molar-refractivity contribution in [2.45, 2.75) is 49.3 Å². The molecule has 0 radical (unpaired) electrons. The highest BCUT2D eigenvalue weighted by Gasteiger charge is 2.42. The summed E-state index contributed by atoms with van der Waals surface area (Å²) in [5.74, 6) is -1.54. The van der Waals surface area contributed by atoms with Crippen molar-refractivity contribution < 1.29 is 22.3 Å². The van der Waals surface area contributed by atoms with Crippen LogP contribution < -0.4 is 0 Å². The lowest BCUT2D eigenvalue weighted by Crippen LogP contribution is -2.50. The average Bonchev–Trinajstić information content (AvgIpc) is 2.60. The summed E-state index contributed by atoms with van der Waals surface area (Å²) in [5.41, 5.74) is 0.232. The maximum atomic E-state index is 13.8. The molecule has 4 nitrogen and oxygen atoms in total. The molecular formula is C19H20ClF2NO3S. The third-order valence-electron chi connectivity index (χ3n) is 4.83. The molecule has 0 spiro atoms. The van der Waals surface area contributed by atoms with Gasteiger partial charge in [0.25, 0.3) is 0 Å². The first-order valence-electron chi connectivity index (χ1n) is 8.63. The molecule has 0 saturated carbocycles. The van der Waals surface area contributed by atoms with Crippen LogP contribution in [0.2, 0.25) is 5.02 Å². The highest BCUT2D eigenvalue weighted by atomic mass is 35.5. The molecule has 1 aliphatic rings. The molecule has 1 saturated heterocycles. The predicted molar refractivity (Wildman–Crippen MR) is 98.9 cm³/mol. The van der Waals surface area contributed by atoms with Crippen LogP contribution in [0.5, 0.6) is 0 Å². The van der Waals surface area contributed by atoms with Crippen LogP contribution in [-0.2, 0) is 10.0 Å². The van der Waals surface area contributed by atoms with Gasteiger partial charge in [0.2, 0.25) is 10.0 Å². The molecule has 0 aliphatic carbocycles. The van der Waals surface area contributed by atoms with E-state index in [0.29, 0.717) is 24.3 Å². The smallest absolute Gasteiger partial charge is 0.243 e. The zero-order valence-corrected chi connectivity index (χ0v) is 16.2. The minimum atomic E-state index is -4.03. The number of benzene rings is 2. The summed E-state index contributed by atoms with van der Waals surface area (Å²) in [7, 11) is -4.03. The van der Waals surface area contributed by atoms with E-state index in [1.165, 1.54) is 35.5 Å². The van der Waals surface area contributed by atoms with E-state index in [4.69, 9.17) is 11.6 Å². The molecule has 27 heavy (non-hydrogen) atoms. The Bertz CT molecular complexity index is 899. The third kappa shape index (κ3) is 4.16. The average molecular weight is 416 g/mol. The Morgan fingerprint density at radius 3 is 2.26 bits per heavy atom. The lowest BCUT2D eigenvalue weighted by Gasteiger charge is -2.42. The van der Waals surface area contributed by atoms with Crippen molar-refractivity contribution in [2.75, 3.05) is 0 Å². The highest BCUT2D eigenvalue weighted by Crippen LogP contribution is 2.40. The Balaban J connectivity index is 2.12. The first kappa shape index (κ1) is 20.2. The van der Waals surface area contributed by atoms with Gasteiger partial charge in [0.15, 0.2) is 0 Å². The van der Waals surface area contributed by atoms with Crippen LogP contribution in [0.4, 0.5) is 8.78 Å². The SMILES string of the molecule is C[C@H](O)[C@@H]1CCC[C@H](c2cc(F)cc(F)c2)N1S(=O)(=O)c1ccc(Cl)cc1. The van der Waals surface area contributed by atoms with Crippen molar-refractivity contribution in [1.82, 2.24) is 4.31 Å². The van der Waals surface area contributed by atoms with Crippen molar-refractivity contribution in [2.24, 2.45) is 0 Å². The lowest BCUT2D eigenvalue weighted by molar-refractivity contribution is 0.0571. The van der Waals surface area contributed by atoms with E-state index in [2.05, 4.69) is 0 Å². The normalized spacial score (nSPS) is 22.6. The number of rotatable bonds is 4. The summed E-state index contributed by atoms with van der Waals surface area (Å²) in [5, 5.41) is 10.6. The number of piperidine rings is 1. The van der Waals surface area contributed by atoms with E-state index < -0.39 is 39.8 Å². The molecule has 1 N–H and O–H groups in total. The van der Waals surface area contributed by atoms with Crippen molar-refractivity contribution in [1.29, 1.82) is 0 Å². The molecule has 1 fully saturated rings. The quantitative estimate of drug-likeness (QED) is 0.810. The van der Waals surface area contributed by atoms with Gasteiger partial charge in [-0.15, -0.1) is 0 Å². The van der Waals surface area contributed by atoms with Gasteiger partial charge < -0.3 is 5.11 Å². The van der Waals surface area contributed by atoms with Gasteiger partial charge >= 0.3 is 0 Å². The van der Waals surface area contributed by atoms with E-state index >= 15 is 0 Å². The summed E-state index contributed by atoms with van der Waals surface area (Å²) in [6.45, 7) is 1.52. The van der Waals surface area contributed by atoms with E-state index in [0.717, 1.165) is 18.2 Å². The second-order valence-corrected chi connectivity index (χ2v) is 9.03. The Kier molecular flexibility index (Phi) is 5.86. The maximum absolute atomic E-state index is 13.8. The van der Waals surface area contributed by atoms with Crippen LogP contribution in [-0.4, -0.2) is 30.0 Å². The van der Waals surface area contributed by atoms with Gasteiger partial charge in [-0.3, -0.25) is 0 Å². The number of halogens is 3. The van der Waals surface area contributed by atoms with Crippen LogP contribution in [0.3, 0.4) is 0 Å². The van der Waals surface area contributed by atoms with Gasteiger partial charge in [0.1, 0.15) is 11.6 Å². The standard InChI is InChI=1S/C19H20ClF2NO3S/c1-12(24)18-3-2-4-19(13-9-15(21)11-16(22)10-13)23(18)27(25,26)17-7-5-14(20)6-8-17/h5-12,18-19,24H,2-4H2,1H3/t12-,18-,19+/m0/s1. The Labute approximate surface area is 162 Å². The third-order valence-corrected chi connectivity index (χ3v) is 7.03. The minimum Gasteiger partial charge on any atom is -0.392 e. The van der Waals surface area contributed by atoms with Gasteiger partial charge in [-0.1, -0.05) is 11.6 Å². The molecule has 0 bridgehead atoms. The predicted octanol–water partition coefficient (Wildman–Crippen LogP) is 4.28. The van der Waals surface area contributed by atoms with Gasteiger partial charge in [-0.2, -0.15) is 4.31 Å². The van der Waals surface area contributed by atoms with Crippen molar-refractivity contribution in [3.63, 3.8) is 0 Å². The number of aliphatic hydroxyl groups excluding tert-OH is 1. The summed E-state index contributed by atoms with van der Waals surface area (Å²) < 4.78 is 55.4. The van der Waals surface area contributed by atoms with Gasteiger partial charge in [0.05, 0.1) is 23.1 Å². The zero-order valence-electron chi connectivity index (χ0n) is 14.6. The number of nitrogens with zero attached hydrogens (tertiary/aromatic N) is 1. The topological polar surface area (TPSA) is 57.6 Å². The van der Waals surface area contributed by atoms with Crippen molar-refractivity contribution in [3.05, 3.63) is 64.7 Å². The number of aliphatic hydroxyl groups is 1. The molecule has 0 amide bonds. The fraction of sp³-hybridized carbons (Fsp3) is 0.368. The molecule has 146 valence electrons. The first-order valence-corrected chi connectivity index (χ1v) is 10.4. The maximum Gasteiger partial charge on any atom is 0.243 e. The second kappa shape index (κ2) is 7.83. The summed E-state index contributed by atoms with van der Waals surface area (Å²) in [4.78, 5) is 0.0151. The molecule has 2 aromatic carbocycles. The van der Waals surface area contributed by atoms with E-state index in [-0.39, 0.29) is 10.5 Å². The van der Waals surface area contributed by atoms with Crippen LogP contribution in [0.25, 0.3) is 0 Å². The number of hydrogen-bond acceptors (Lipinski definition) is 3. The Morgan fingerprint density at radius 1 is 1.11 bits per heavy atom. The van der Waals surface area contributed by atoms with E-state index in [9.17, 15) is 22.3 Å². The van der Waals surface area contributed by atoms with E-state index in [1.54, 1.807) is 0 Å².